The van der Waals surface area contributed by atoms with Crippen LogP contribution in [0.3, 0.4) is 0 Å². The zero-order valence-electron chi connectivity index (χ0n) is 14.3. The van der Waals surface area contributed by atoms with Gasteiger partial charge in [0.1, 0.15) is 10.4 Å². The summed E-state index contributed by atoms with van der Waals surface area (Å²) in [7, 11) is 3.07. The van der Waals surface area contributed by atoms with E-state index < -0.39 is 17.9 Å². The SMILES string of the molecule is COc1ccc(/C=C2/SC(=S)N([C@H](C(=O)O)C(C)C)C2=O)cc1OC. The van der Waals surface area contributed by atoms with Gasteiger partial charge in [-0.25, -0.2) is 4.79 Å². The average Bonchev–Trinajstić information content (AvgIpc) is 2.82. The molecular weight excluding hydrogens is 362 g/mol. The van der Waals surface area contributed by atoms with E-state index in [1.807, 2.05) is 0 Å². The van der Waals surface area contributed by atoms with E-state index in [1.54, 1.807) is 45.2 Å². The Balaban J connectivity index is 2.36. The van der Waals surface area contributed by atoms with Crippen molar-refractivity contribution in [1.29, 1.82) is 0 Å². The van der Waals surface area contributed by atoms with E-state index in [9.17, 15) is 14.7 Å². The molecule has 134 valence electrons. The Kier molecular flexibility index (Phi) is 6.07. The molecule has 0 saturated carbocycles. The van der Waals surface area contributed by atoms with Crippen molar-refractivity contribution < 1.29 is 24.2 Å². The highest BCUT2D eigenvalue weighted by Gasteiger charge is 2.41. The molecule has 1 amide bonds. The summed E-state index contributed by atoms with van der Waals surface area (Å²) in [6, 6.07) is 4.27. The molecule has 1 fully saturated rings. The van der Waals surface area contributed by atoms with Crippen molar-refractivity contribution in [2.45, 2.75) is 19.9 Å². The summed E-state index contributed by atoms with van der Waals surface area (Å²) in [5, 5.41) is 9.43. The number of thiocarbonyl (C=S) groups is 1. The molecule has 1 N–H and O–H groups in total. The van der Waals surface area contributed by atoms with Gasteiger partial charge in [-0.15, -0.1) is 0 Å². The molecule has 0 bridgehead atoms. The Hall–Kier alpha value is -2.06. The Labute approximate surface area is 155 Å². The highest BCUT2D eigenvalue weighted by atomic mass is 32.2. The number of hydrogen-bond donors (Lipinski definition) is 1. The van der Waals surface area contributed by atoms with Crippen molar-refractivity contribution in [2.24, 2.45) is 5.92 Å². The highest BCUT2D eigenvalue weighted by Crippen LogP contribution is 2.36. The zero-order chi connectivity index (χ0) is 18.7. The fraction of sp³-hybridized carbons (Fsp3) is 0.353. The van der Waals surface area contributed by atoms with E-state index in [1.165, 1.54) is 12.0 Å². The first-order valence-electron chi connectivity index (χ1n) is 7.52. The van der Waals surface area contributed by atoms with E-state index in [0.717, 1.165) is 17.3 Å². The maximum atomic E-state index is 12.7. The van der Waals surface area contributed by atoms with Gasteiger partial charge in [0.2, 0.25) is 0 Å². The third kappa shape index (κ3) is 3.96. The summed E-state index contributed by atoms with van der Waals surface area (Å²) >= 11 is 6.33. The Bertz CT molecular complexity index is 745. The van der Waals surface area contributed by atoms with Crippen LogP contribution in [0.2, 0.25) is 0 Å². The number of methoxy groups -OCH3 is 2. The Morgan fingerprint density at radius 1 is 1.28 bits per heavy atom. The average molecular weight is 381 g/mol. The van der Waals surface area contributed by atoms with Crippen LogP contribution in [0.4, 0.5) is 0 Å². The molecule has 1 aliphatic rings. The summed E-state index contributed by atoms with van der Waals surface area (Å²) in [6.07, 6.45) is 1.67. The minimum absolute atomic E-state index is 0.248. The molecule has 1 aromatic carbocycles. The van der Waals surface area contributed by atoms with E-state index in [-0.39, 0.29) is 10.2 Å². The summed E-state index contributed by atoms with van der Waals surface area (Å²) in [4.78, 5) is 25.8. The van der Waals surface area contributed by atoms with Gasteiger partial charge in [-0.3, -0.25) is 9.69 Å². The van der Waals surface area contributed by atoms with E-state index >= 15 is 0 Å². The lowest BCUT2D eigenvalue weighted by Crippen LogP contribution is -2.47. The highest BCUT2D eigenvalue weighted by molar-refractivity contribution is 8.26. The van der Waals surface area contributed by atoms with Crippen molar-refractivity contribution in [3.05, 3.63) is 28.7 Å². The van der Waals surface area contributed by atoms with Crippen LogP contribution in [0, 0.1) is 5.92 Å². The molecule has 0 aromatic heterocycles. The van der Waals surface area contributed by atoms with Crippen LogP contribution in [-0.4, -0.2) is 46.5 Å². The van der Waals surface area contributed by atoms with Gasteiger partial charge in [0.25, 0.3) is 5.91 Å². The van der Waals surface area contributed by atoms with Crippen molar-refractivity contribution in [3.63, 3.8) is 0 Å². The van der Waals surface area contributed by atoms with Crippen LogP contribution >= 0.6 is 24.0 Å². The molecule has 1 heterocycles. The predicted octanol–water partition coefficient (Wildman–Crippen LogP) is 3.01. The molecule has 0 aliphatic carbocycles. The second kappa shape index (κ2) is 7.88. The van der Waals surface area contributed by atoms with E-state index in [0.29, 0.717) is 16.4 Å². The van der Waals surface area contributed by atoms with E-state index in [4.69, 9.17) is 21.7 Å². The number of benzene rings is 1. The predicted molar refractivity (Wildman–Crippen MR) is 101 cm³/mol. The number of rotatable bonds is 6. The van der Waals surface area contributed by atoms with Gasteiger partial charge in [-0.05, 0) is 29.7 Å². The van der Waals surface area contributed by atoms with Crippen LogP contribution in [0.15, 0.2) is 23.1 Å². The fourth-order valence-electron chi connectivity index (χ4n) is 2.51. The molecule has 0 spiro atoms. The largest absolute Gasteiger partial charge is 0.493 e. The number of carboxylic acid groups (broad SMARTS) is 1. The van der Waals surface area contributed by atoms with Crippen molar-refractivity contribution in [2.75, 3.05) is 14.2 Å². The lowest BCUT2D eigenvalue weighted by Gasteiger charge is -2.26. The molecule has 1 aliphatic heterocycles. The molecule has 0 unspecified atom stereocenters. The first-order valence-corrected chi connectivity index (χ1v) is 8.74. The summed E-state index contributed by atoms with van der Waals surface area (Å²) in [5.74, 6) is -0.611. The minimum Gasteiger partial charge on any atom is -0.493 e. The molecule has 2 rings (SSSR count). The molecule has 1 saturated heterocycles. The van der Waals surface area contributed by atoms with Crippen LogP contribution in [-0.2, 0) is 9.59 Å². The lowest BCUT2D eigenvalue weighted by molar-refractivity contribution is -0.146. The van der Waals surface area contributed by atoms with Gasteiger partial charge in [-0.2, -0.15) is 0 Å². The first-order chi connectivity index (χ1) is 11.8. The number of thioether (sulfide) groups is 1. The van der Waals surface area contributed by atoms with Gasteiger partial charge < -0.3 is 14.6 Å². The number of hydrogen-bond acceptors (Lipinski definition) is 6. The molecule has 1 aromatic rings. The van der Waals surface area contributed by atoms with Gasteiger partial charge in [0, 0.05) is 0 Å². The number of ether oxygens (including phenoxy) is 2. The zero-order valence-corrected chi connectivity index (χ0v) is 15.9. The topological polar surface area (TPSA) is 76.1 Å². The van der Waals surface area contributed by atoms with Crippen LogP contribution in [0.5, 0.6) is 11.5 Å². The van der Waals surface area contributed by atoms with Crippen molar-refractivity contribution in [1.82, 2.24) is 4.90 Å². The summed E-state index contributed by atoms with van der Waals surface area (Å²) in [5.41, 5.74) is 0.731. The number of carboxylic acids is 1. The summed E-state index contributed by atoms with van der Waals surface area (Å²) in [6.45, 7) is 3.49. The van der Waals surface area contributed by atoms with Gasteiger partial charge >= 0.3 is 5.97 Å². The molecule has 6 nitrogen and oxygen atoms in total. The Morgan fingerprint density at radius 2 is 1.92 bits per heavy atom. The quantitative estimate of drug-likeness (QED) is 0.599. The summed E-state index contributed by atoms with van der Waals surface area (Å²) < 4.78 is 10.7. The number of nitrogens with zero attached hydrogens (tertiary/aromatic N) is 1. The normalized spacial score (nSPS) is 17.3. The monoisotopic (exact) mass is 381 g/mol. The smallest absolute Gasteiger partial charge is 0.327 e. The van der Waals surface area contributed by atoms with Gasteiger partial charge in [-0.1, -0.05) is 43.9 Å². The Morgan fingerprint density at radius 3 is 2.44 bits per heavy atom. The lowest BCUT2D eigenvalue weighted by atomic mass is 10.0. The molecule has 1 atom stereocenters. The fourth-order valence-corrected chi connectivity index (χ4v) is 3.84. The van der Waals surface area contributed by atoms with Crippen molar-refractivity contribution in [3.8, 4) is 11.5 Å². The standard InChI is InChI=1S/C17H19NO5S2/c1-9(2)14(16(20)21)18-15(19)13(25-17(18)24)8-10-5-6-11(22-3)12(7-10)23-4/h5-9,14H,1-4H3,(H,20,21)/b13-8+/t14-/m0/s1. The minimum atomic E-state index is -1.07. The van der Waals surface area contributed by atoms with E-state index in [2.05, 4.69) is 0 Å². The first kappa shape index (κ1) is 19.3. The third-order valence-corrected chi connectivity index (χ3v) is 5.02. The van der Waals surface area contributed by atoms with Crippen LogP contribution in [0.1, 0.15) is 19.4 Å². The number of carbonyl (C=O) groups excluding carboxylic acids is 1. The molecule has 0 radical (unpaired) electrons. The van der Waals surface area contributed by atoms with Crippen LogP contribution < -0.4 is 9.47 Å². The maximum absolute atomic E-state index is 12.7. The van der Waals surface area contributed by atoms with Crippen LogP contribution in [0.25, 0.3) is 6.08 Å². The molecule has 25 heavy (non-hydrogen) atoms. The maximum Gasteiger partial charge on any atom is 0.327 e. The second-order valence-corrected chi connectivity index (χ2v) is 7.37. The number of amides is 1. The van der Waals surface area contributed by atoms with Gasteiger partial charge in [0.05, 0.1) is 19.1 Å². The molecule has 8 heteroatoms. The number of aliphatic carboxylic acids is 1. The van der Waals surface area contributed by atoms with Crippen molar-refractivity contribution >= 4 is 46.3 Å². The second-order valence-electron chi connectivity index (χ2n) is 5.69. The third-order valence-electron chi connectivity index (χ3n) is 3.69. The molecular formula is C17H19NO5S2. The number of carbonyl (C=O) groups is 2. The van der Waals surface area contributed by atoms with Gasteiger partial charge in [0.15, 0.2) is 11.5 Å².